The predicted octanol–water partition coefficient (Wildman–Crippen LogP) is 4.55. The summed E-state index contributed by atoms with van der Waals surface area (Å²) in [5.41, 5.74) is 4.79. The Balaban J connectivity index is 1.76. The van der Waals surface area contributed by atoms with Crippen LogP contribution in [0.4, 0.5) is 0 Å². The second-order valence-corrected chi connectivity index (χ2v) is 10.3. The molecule has 5 rings (SSSR count). The lowest BCUT2D eigenvalue weighted by Gasteiger charge is -2.29. The molecule has 0 spiro atoms. The molecular weight excluding hydrogens is 492 g/mol. The van der Waals surface area contributed by atoms with Crippen LogP contribution >= 0.6 is 22.9 Å². The number of allylic oxidation sites excluding steroid dienone is 1. The molecule has 0 unspecified atom stereocenters. The van der Waals surface area contributed by atoms with Gasteiger partial charge in [-0.2, -0.15) is 0 Å². The zero-order valence-corrected chi connectivity index (χ0v) is 22.2. The first-order valence-electron chi connectivity index (χ1n) is 12.0. The number of thiazole rings is 1. The molecule has 8 heteroatoms. The number of carbonyl (C=O) groups excluding carboxylic acids is 1. The number of amides is 1. The van der Waals surface area contributed by atoms with Gasteiger partial charge in [-0.05, 0) is 57.5 Å². The first-order chi connectivity index (χ1) is 17.3. The van der Waals surface area contributed by atoms with Crippen molar-refractivity contribution in [1.82, 2.24) is 14.5 Å². The molecule has 6 nitrogen and oxygen atoms in total. The average molecular weight is 519 g/mol. The summed E-state index contributed by atoms with van der Waals surface area (Å²) < 4.78 is 2.23. The highest BCUT2D eigenvalue weighted by molar-refractivity contribution is 7.07. The number of halogens is 1. The molecule has 1 aliphatic rings. The molecule has 2 aromatic carbocycles. The molecule has 184 valence electrons. The van der Waals surface area contributed by atoms with Crippen LogP contribution < -0.4 is 14.9 Å². The van der Waals surface area contributed by atoms with Crippen molar-refractivity contribution in [2.24, 2.45) is 4.99 Å². The Bertz CT molecular complexity index is 1690. The van der Waals surface area contributed by atoms with Crippen LogP contribution in [0, 0.1) is 6.92 Å². The number of likely N-dealkylation sites (N-methyl/N-ethyl adjacent to an activating group) is 1. The van der Waals surface area contributed by atoms with E-state index in [0.717, 1.165) is 27.7 Å². The molecule has 1 N–H and O–H groups in total. The molecule has 0 fully saturated rings. The number of hydrogen-bond donors (Lipinski definition) is 1. The van der Waals surface area contributed by atoms with E-state index in [1.54, 1.807) is 21.6 Å². The second kappa shape index (κ2) is 9.56. The summed E-state index contributed by atoms with van der Waals surface area (Å²) in [7, 11) is 0. The third kappa shape index (κ3) is 4.02. The lowest BCUT2D eigenvalue weighted by atomic mass is 9.94. The quantitative estimate of drug-likeness (QED) is 0.421. The fourth-order valence-corrected chi connectivity index (χ4v) is 6.01. The van der Waals surface area contributed by atoms with Crippen molar-refractivity contribution in [3.05, 3.63) is 101 Å². The molecule has 0 radical (unpaired) electrons. The monoisotopic (exact) mass is 518 g/mol. The Morgan fingerprint density at radius 2 is 1.83 bits per heavy atom. The van der Waals surface area contributed by atoms with E-state index in [4.69, 9.17) is 16.6 Å². The number of carbonyl (C=O) groups is 1. The number of fused-ring (bicyclic) bond motifs is 2. The van der Waals surface area contributed by atoms with Crippen molar-refractivity contribution < 1.29 is 4.79 Å². The van der Waals surface area contributed by atoms with Gasteiger partial charge in [0.1, 0.15) is 0 Å². The molecule has 1 amide bonds. The smallest absolute Gasteiger partial charge is 0.271 e. The Labute approximate surface area is 217 Å². The summed E-state index contributed by atoms with van der Waals surface area (Å²) in [5.74, 6) is -0.108. The average Bonchev–Trinajstić information content (AvgIpc) is 3.35. The van der Waals surface area contributed by atoms with E-state index in [1.165, 1.54) is 11.3 Å². The van der Waals surface area contributed by atoms with Crippen LogP contribution in [0.5, 0.6) is 0 Å². The summed E-state index contributed by atoms with van der Waals surface area (Å²) in [5, 5.41) is 1.65. The van der Waals surface area contributed by atoms with E-state index in [0.29, 0.717) is 38.7 Å². The van der Waals surface area contributed by atoms with Crippen LogP contribution in [0.1, 0.15) is 43.6 Å². The highest BCUT2D eigenvalue weighted by atomic mass is 35.5. The van der Waals surface area contributed by atoms with Gasteiger partial charge in [-0.1, -0.05) is 53.3 Å². The minimum absolute atomic E-state index is 0.108. The predicted molar refractivity (Wildman–Crippen MR) is 146 cm³/mol. The van der Waals surface area contributed by atoms with Crippen molar-refractivity contribution in [2.45, 2.75) is 33.7 Å². The van der Waals surface area contributed by atoms with E-state index < -0.39 is 6.04 Å². The van der Waals surface area contributed by atoms with Gasteiger partial charge in [0.15, 0.2) is 4.80 Å². The summed E-state index contributed by atoms with van der Waals surface area (Å²) in [6.45, 7) is 8.90. The van der Waals surface area contributed by atoms with Crippen molar-refractivity contribution in [3.8, 4) is 0 Å². The van der Waals surface area contributed by atoms with Gasteiger partial charge in [0.2, 0.25) is 0 Å². The largest absolute Gasteiger partial charge is 0.358 e. The topological polar surface area (TPSA) is 70.5 Å². The summed E-state index contributed by atoms with van der Waals surface area (Å²) in [6, 6.07) is 14.8. The molecule has 4 aromatic rings. The van der Waals surface area contributed by atoms with Crippen molar-refractivity contribution >= 4 is 45.8 Å². The summed E-state index contributed by atoms with van der Waals surface area (Å²) >= 11 is 7.52. The number of hydrogen-bond acceptors (Lipinski definition) is 4. The Morgan fingerprint density at radius 3 is 2.53 bits per heavy atom. The van der Waals surface area contributed by atoms with Crippen LogP contribution in [0.2, 0.25) is 5.02 Å². The van der Waals surface area contributed by atoms with Crippen LogP contribution in [-0.2, 0) is 4.79 Å². The number of rotatable bonds is 5. The van der Waals surface area contributed by atoms with E-state index in [1.807, 2.05) is 70.2 Å². The van der Waals surface area contributed by atoms with E-state index in [2.05, 4.69) is 4.98 Å². The first-order valence-corrected chi connectivity index (χ1v) is 13.2. The van der Waals surface area contributed by atoms with E-state index >= 15 is 0 Å². The maximum atomic E-state index is 13.9. The van der Waals surface area contributed by atoms with Crippen molar-refractivity contribution in [3.63, 3.8) is 0 Å². The number of nitrogens with one attached hydrogen (secondary N) is 1. The molecule has 36 heavy (non-hydrogen) atoms. The normalized spacial score (nSPS) is 15.8. The van der Waals surface area contributed by atoms with Gasteiger partial charge in [0, 0.05) is 40.3 Å². The lowest BCUT2D eigenvalue weighted by Crippen LogP contribution is -2.43. The molecule has 2 aromatic heterocycles. The number of H-pyrrole nitrogens is 1. The Morgan fingerprint density at radius 1 is 1.14 bits per heavy atom. The Hall–Kier alpha value is -3.42. The number of benzene rings is 2. The number of aryl methyl sites for hydroxylation is 1. The van der Waals surface area contributed by atoms with Gasteiger partial charge >= 0.3 is 0 Å². The van der Waals surface area contributed by atoms with Gasteiger partial charge in [-0.15, -0.1) is 0 Å². The van der Waals surface area contributed by atoms with Crippen LogP contribution in [0.3, 0.4) is 0 Å². The van der Waals surface area contributed by atoms with Crippen LogP contribution in [0.25, 0.3) is 17.0 Å². The van der Waals surface area contributed by atoms with Gasteiger partial charge in [-0.25, -0.2) is 4.99 Å². The van der Waals surface area contributed by atoms with Gasteiger partial charge in [0.25, 0.3) is 11.5 Å². The standard InChI is InChI=1S/C28H27ClN4O2S/c1-5-32(6-2)27(35)24-17(4)31-28-33(25(24)18-11-13-19(29)14-12-18)26(34)23(36-28)15-21-16(3)30-22-10-8-7-9-20(21)22/h7-15,25,30H,5-6H2,1-4H3/b23-15+/t25-/m0/s1. The fraction of sp³-hybridized carbons (Fsp3) is 0.250. The van der Waals surface area contributed by atoms with Crippen molar-refractivity contribution in [1.29, 1.82) is 0 Å². The molecule has 1 aliphatic heterocycles. The molecule has 1 atom stereocenters. The zero-order valence-electron chi connectivity index (χ0n) is 20.6. The van der Waals surface area contributed by atoms with Crippen LogP contribution in [-0.4, -0.2) is 33.4 Å². The fourth-order valence-electron chi connectivity index (χ4n) is 4.85. The minimum Gasteiger partial charge on any atom is -0.358 e. The molecule has 3 heterocycles. The summed E-state index contributed by atoms with van der Waals surface area (Å²) in [4.78, 5) is 38.1. The third-order valence-electron chi connectivity index (χ3n) is 6.71. The van der Waals surface area contributed by atoms with Gasteiger partial charge in [-0.3, -0.25) is 14.2 Å². The van der Waals surface area contributed by atoms with Crippen LogP contribution in [0.15, 0.2) is 69.6 Å². The summed E-state index contributed by atoms with van der Waals surface area (Å²) in [6.07, 6.45) is 1.93. The third-order valence-corrected chi connectivity index (χ3v) is 7.94. The minimum atomic E-state index is -0.585. The van der Waals surface area contributed by atoms with Gasteiger partial charge in [0.05, 0.1) is 21.8 Å². The molecule has 0 saturated carbocycles. The molecular formula is C28H27ClN4O2S. The van der Waals surface area contributed by atoms with Gasteiger partial charge < -0.3 is 9.88 Å². The molecule has 0 aliphatic carbocycles. The number of aromatic nitrogens is 2. The molecule has 0 bridgehead atoms. The number of aromatic amines is 1. The second-order valence-electron chi connectivity index (χ2n) is 8.82. The van der Waals surface area contributed by atoms with E-state index in [-0.39, 0.29) is 11.5 Å². The zero-order chi connectivity index (χ0) is 25.6. The van der Waals surface area contributed by atoms with Crippen molar-refractivity contribution in [2.75, 3.05) is 13.1 Å². The number of nitrogens with zero attached hydrogens (tertiary/aromatic N) is 3. The molecule has 0 saturated heterocycles. The maximum Gasteiger partial charge on any atom is 0.271 e. The number of para-hydroxylation sites is 1. The lowest BCUT2D eigenvalue weighted by molar-refractivity contribution is -0.127. The Kier molecular flexibility index (Phi) is 6.45. The highest BCUT2D eigenvalue weighted by Gasteiger charge is 2.34. The SMILES string of the molecule is CCN(CC)C(=O)C1=C(C)N=c2s/c(=C/c3c(C)[nH]c4ccccc34)c(=O)n2[C@H]1c1ccc(Cl)cc1. The maximum absolute atomic E-state index is 13.9. The van der Waals surface area contributed by atoms with E-state index in [9.17, 15) is 9.59 Å². The highest BCUT2D eigenvalue weighted by Crippen LogP contribution is 2.32. The first kappa shape index (κ1) is 24.3.